The second kappa shape index (κ2) is 3.91. The number of hydrogen-bond donors (Lipinski definition) is 1. The molecule has 4 saturated heterocycles. The molecule has 4 aliphatic heterocycles. The lowest BCUT2D eigenvalue weighted by Gasteiger charge is -2.50. The minimum absolute atomic E-state index is 0.154. The van der Waals surface area contributed by atoms with E-state index in [4.69, 9.17) is 15.0 Å². The summed E-state index contributed by atoms with van der Waals surface area (Å²) in [5.41, 5.74) is 5.96. The molecule has 2 N–H and O–H groups in total. The maximum absolute atomic E-state index is 6.13. The smallest absolute Gasteiger partial charge is 0.327 e. The number of hydrogen-bond acceptors (Lipinski definition) is 7. The van der Waals surface area contributed by atoms with E-state index in [1.807, 2.05) is 4.90 Å². The Balaban J connectivity index is 1.61. The van der Waals surface area contributed by atoms with E-state index in [0.29, 0.717) is 17.8 Å². The fourth-order valence-corrected chi connectivity index (χ4v) is 3.74. The molecule has 2 atom stereocenters. The van der Waals surface area contributed by atoms with Crippen LogP contribution in [0.1, 0.15) is 18.7 Å². The van der Waals surface area contributed by atoms with Gasteiger partial charge in [-0.25, -0.2) is 0 Å². The average molecular weight is 265 g/mol. The molecule has 5 rings (SSSR count). The summed E-state index contributed by atoms with van der Waals surface area (Å²) in [7, 11) is 0. The first-order chi connectivity index (χ1) is 9.16. The van der Waals surface area contributed by atoms with Crippen molar-refractivity contribution in [3.8, 4) is 0 Å². The summed E-state index contributed by atoms with van der Waals surface area (Å²) in [4.78, 5) is 8.62. The number of aromatic nitrogens is 2. The zero-order valence-electron chi connectivity index (χ0n) is 11.1. The molecule has 1 spiro atoms. The van der Waals surface area contributed by atoms with Gasteiger partial charge >= 0.3 is 6.01 Å². The van der Waals surface area contributed by atoms with Crippen molar-refractivity contribution in [3.63, 3.8) is 0 Å². The van der Waals surface area contributed by atoms with Crippen molar-refractivity contribution in [2.75, 3.05) is 31.1 Å². The number of anilines is 1. The van der Waals surface area contributed by atoms with Crippen LogP contribution < -0.4 is 10.6 Å². The van der Waals surface area contributed by atoms with Crippen LogP contribution >= 0.6 is 0 Å². The molecule has 5 heterocycles. The number of fused-ring (bicyclic) bond motifs is 2. The molecule has 1 aromatic rings. The van der Waals surface area contributed by atoms with E-state index in [0.717, 1.165) is 13.1 Å². The Morgan fingerprint density at radius 3 is 2.68 bits per heavy atom. The van der Waals surface area contributed by atoms with Crippen LogP contribution in [-0.4, -0.2) is 53.2 Å². The molecule has 2 bridgehead atoms. The summed E-state index contributed by atoms with van der Waals surface area (Å²) in [6, 6.07) is 0.471. The molecule has 0 aromatic carbocycles. The van der Waals surface area contributed by atoms with Gasteiger partial charge in [-0.05, 0) is 38.8 Å². The van der Waals surface area contributed by atoms with Crippen LogP contribution in [0.2, 0.25) is 0 Å². The second-order valence-corrected chi connectivity index (χ2v) is 5.88. The van der Waals surface area contributed by atoms with Gasteiger partial charge in [-0.1, -0.05) is 5.16 Å². The quantitative estimate of drug-likeness (QED) is 0.760. The van der Waals surface area contributed by atoms with Gasteiger partial charge in [0.15, 0.2) is 12.2 Å². The lowest BCUT2D eigenvalue weighted by molar-refractivity contribution is -0.137. The van der Waals surface area contributed by atoms with Crippen LogP contribution in [0.3, 0.4) is 0 Å². The Hall–Kier alpha value is -1.18. The van der Waals surface area contributed by atoms with E-state index in [-0.39, 0.29) is 5.60 Å². The summed E-state index contributed by atoms with van der Waals surface area (Å²) in [5.74, 6) is 1.22. The van der Waals surface area contributed by atoms with E-state index < -0.39 is 6.35 Å². The molecule has 1 aromatic heterocycles. The highest BCUT2D eigenvalue weighted by Crippen LogP contribution is 2.43. The maximum atomic E-state index is 6.13. The first-order valence-electron chi connectivity index (χ1n) is 6.89. The molecule has 0 radical (unpaired) electrons. The monoisotopic (exact) mass is 265 g/mol. The van der Waals surface area contributed by atoms with E-state index in [1.54, 1.807) is 6.92 Å². The highest BCUT2D eigenvalue weighted by atomic mass is 16.6. The van der Waals surface area contributed by atoms with Crippen LogP contribution in [0.5, 0.6) is 0 Å². The maximum Gasteiger partial charge on any atom is 0.327 e. The van der Waals surface area contributed by atoms with E-state index in [1.165, 1.54) is 25.9 Å². The third-order valence-electron chi connectivity index (χ3n) is 4.69. The minimum Gasteiger partial charge on any atom is -0.335 e. The Morgan fingerprint density at radius 1 is 1.32 bits per heavy atom. The average Bonchev–Trinajstić information content (AvgIpc) is 2.95. The molecular formula is C12H19N5O2. The highest BCUT2D eigenvalue weighted by Gasteiger charge is 2.55. The second-order valence-electron chi connectivity index (χ2n) is 5.88. The molecule has 0 amide bonds. The summed E-state index contributed by atoms with van der Waals surface area (Å²) in [5, 5.41) is 3.83. The van der Waals surface area contributed by atoms with E-state index in [2.05, 4.69) is 15.0 Å². The molecule has 2 unspecified atom stereocenters. The highest BCUT2D eigenvalue weighted by molar-refractivity contribution is 5.30. The zero-order valence-corrected chi connectivity index (χ0v) is 11.1. The third kappa shape index (κ3) is 1.69. The topological polar surface area (TPSA) is 80.7 Å². The van der Waals surface area contributed by atoms with Crippen molar-refractivity contribution in [2.24, 2.45) is 11.7 Å². The Morgan fingerprint density at radius 2 is 2.11 bits per heavy atom. The Kier molecular flexibility index (Phi) is 2.39. The summed E-state index contributed by atoms with van der Waals surface area (Å²) in [6.07, 6.45) is 1.91. The van der Waals surface area contributed by atoms with Gasteiger partial charge in [-0.3, -0.25) is 10.6 Å². The largest absolute Gasteiger partial charge is 0.335 e. The number of ether oxygens (including phenoxy) is 1. The van der Waals surface area contributed by atoms with Crippen molar-refractivity contribution in [2.45, 2.75) is 31.7 Å². The van der Waals surface area contributed by atoms with Gasteiger partial charge in [0.1, 0.15) is 5.60 Å². The SMILES string of the molecule is Cc1noc(N2CC3(CN4CCC3CC4)OC2N)n1. The summed E-state index contributed by atoms with van der Waals surface area (Å²) >= 11 is 0. The molecule has 0 saturated carbocycles. The zero-order chi connectivity index (χ0) is 13.0. The molecule has 4 fully saturated rings. The number of rotatable bonds is 1. The van der Waals surface area contributed by atoms with Gasteiger partial charge in [0, 0.05) is 6.54 Å². The van der Waals surface area contributed by atoms with Crippen molar-refractivity contribution in [3.05, 3.63) is 5.82 Å². The summed E-state index contributed by atoms with van der Waals surface area (Å²) in [6.45, 7) is 5.89. The van der Waals surface area contributed by atoms with Crippen molar-refractivity contribution >= 4 is 6.01 Å². The van der Waals surface area contributed by atoms with Crippen LogP contribution in [-0.2, 0) is 4.74 Å². The normalized spacial score (nSPS) is 41.4. The van der Waals surface area contributed by atoms with Gasteiger partial charge in [0.25, 0.3) is 0 Å². The number of nitrogens with two attached hydrogens (primary N) is 1. The van der Waals surface area contributed by atoms with Crippen LogP contribution in [0, 0.1) is 12.8 Å². The predicted molar refractivity (Wildman–Crippen MR) is 67.3 cm³/mol. The Labute approximate surface area is 111 Å². The molecule has 4 aliphatic rings. The number of aryl methyl sites for hydroxylation is 1. The van der Waals surface area contributed by atoms with Crippen molar-refractivity contribution in [1.29, 1.82) is 0 Å². The van der Waals surface area contributed by atoms with Gasteiger partial charge in [0.2, 0.25) is 0 Å². The van der Waals surface area contributed by atoms with Crippen LogP contribution in [0.4, 0.5) is 6.01 Å². The van der Waals surface area contributed by atoms with E-state index in [9.17, 15) is 0 Å². The molecule has 104 valence electrons. The fourth-order valence-electron chi connectivity index (χ4n) is 3.74. The van der Waals surface area contributed by atoms with Gasteiger partial charge in [0.05, 0.1) is 6.54 Å². The molecule has 0 aliphatic carbocycles. The van der Waals surface area contributed by atoms with Gasteiger partial charge < -0.3 is 14.2 Å². The van der Waals surface area contributed by atoms with Crippen molar-refractivity contribution < 1.29 is 9.26 Å². The van der Waals surface area contributed by atoms with E-state index >= 15 is 0 Å². The molecule has 7 nitrogen and oxygen atoms in total. The standard InChI is InChI=1S/C12H19N5O2/c1-8-14-11(19-15-8)17-7-12(18-10(17)13)6-16-4-2-9(12)3-5-16/h9-10H,2-7,13H2,1H3. The first kappa shape index (κ1) is 11.6. The van der Waals surface area contributed by atoms with Crippen LogP contribution in [0.25, 0.3) is 0 Å². The minimum atomic E-state index is -0.486. The summed E-state index contributed by atoms with van der Waals surface area (Å²) < 4.78 is 11.4. The lowest BCUT2D eigenvalue weighted by Crippen LogP contribution is -2.61. The third-order valence-corrected chi connectivity index (χ3v) is 4.69. The molecular weight excluding hydrogens is 246 g/mol. The number of nitrogens with zero attached hydrogens (tertiary/aromatic N) is 4. The first-order valence-corrected chi connectivity index (χ1v) is 6.89. The predicted octanol–water partition coefficient (Wildman–Crippen LogP) is -0.0787. The van der Waals surface area contributed by atoms with Gasteiger partial charge in [-0.2, -0.15) is 4.98 Å². The lowest BCUT2D eigenvalue weighted by atomic mass is 9.75. The Bertz CT molecular complexity index is 484. The van der Waals surface area contributed by atoms with Crippen LogP contribution in [0.15, 0.2) is 4.52 Å². The fraction of sp³-hybridized carbons (Fsp3) is 0.833. The molecule has 7 heteroatoms. The van der Waals surface area contributed by atoms with Gasteiger partial charge in [-0.15, -0.1) is 0 Å². The molecule has 19 heavy (non-hydrogen) atoms. The number of piperidine rings is 3. The van der Waals surface area contributed by atoms with Crippen molar-refractivity contribution in [1.82, 2.24) is 15.0 Å².